The van der Waals surface area contributed by atoms with E-state index in [0.717, 1.165) is 37.2 Å². The van der Waals surface area contributed by atoms with Gasteiger partial charge in [0.15, 0.2) is 23.8 Å². The number of amides is 1. The summed E-state index contributed by atoms with van der Waals surface area (Å²) in [5.74, 6) is 2.08. The Balaban J connectivity index is 1.20. The van der Waals surface area contributed by atoms with Gasteiger partial charge in [0.25, 0.3) is 5.91 Å². The third-order valence-corrected chi connectivity index (χ3v) is 6.70. The molecule has 2 aliphatic rings. The highest BCUT2D eigenvalue weighted by Gasteiger charge is 2.20. The van der Waals surface area contributed by atoms with Crippen LogP contribution < -0.4 is 26.2 Å². The Morgan fingerprint density at radius 2 is 1.89 bits per heavy atom. The summed E-state index contributed by atoms with van der Waals surface area (Å²) in [6, 6.07) is 17.9. The maximum Gasteiger partial charge on any atom is 0.258 e. The van der Waals surface area contributed by atoms with Crippen LogP contribution in [0, 0.1) is 0 Å². The van der Waals surface area contributed by atoms with E-state index < -0.39 is 0 Å². The molecule has 0 radical (unpaired) electrons. The van der Waals surface area contributed by atoms with Crippen molar-refractivity contribution in [2.45, 2.75) is 31.2 Å². The Morgan fingerprint density at radius 3 is 2.67 bits per heavy atom. The Morgan fingerprint density at radius 1 is 1.06 bits per heavy atom. The molecule has 4 aromatic rings. The maximum absolute atomic E-state index is 12.1. The van der Waals surface area contributed by atoms with Crippen LogP contribution >= 0.6 is 0 Å². The van der Waals surface area contributed by atoms with E-state index in [9.17, 15) is 4.79 Å². The number of carbonyl (C=O) groups excluding carboxylic acids is 1. The number of anilines is 2. The second kappa shape index (κ2) is 9.96. The molecule has 0 unspecified atom stereocenters. The molecule has 4 N–H and O–H groups in total. The molecule has 0 bridgehead atoms. The lowest BCUT2D eigenvalue weighted by Crippen LogP contribution is -2.41. The van der Waals surface area contributed by atoms with Crippen molar-refractivity contribution in [1.29, 1.82) is 0 Å². The number of furan rings is 1. The largest absolute Gasteiger partial charge is 0.484 e. The third kappa shape index (κ3) is 4.89. The Kier molecular flexibility index (Phi) is 6.23. The molecular formula is C27H28N6O3. The number of fused-ring (bicyclic) bond motifs is 1. The predicted octanol–water partition coefficient (Wildman–Crippen LogP) is 3.87. The number of ether oxygens (including phenoxy) is 1. The number of nitrogens with zero attached hydrogens (tertiary/aromatic N) is 2. The number of aromatic nitrogens is 2. The number of nitrogens with one attached hydrogen (secondary N) is 4. The predicted molar refractivity (Wildman–Crippen MR) is 137 cm³/mol. The fourth-order valence-corrected chi connectivity index (χ4v) is 4.45. The third-order valence-electron chi connectivity index (χ3n) is 6.70. The van der Waals surface area contributed by atoms with Gasteiger partial charge in [-0.15, -0.1) is 0 Å². The molecule has 36 heavy (non-hydrogen) atoms. The number of hydrogen-bond donors (Lipinski definition) is 4. The topological polar surface area (TPSA) is 113 Å². The van der Waals surface area contributed by atoms with E-state index in [-0.39, 0.29) is 12.5 Å². The van der Waals surface area contributed by atoms with Crippen LogP contribution in [0.2, 0.25) is 0 Å². The number of carbonyl (C=O) groups is 1. The first kappa shape index (κ1) is 22.5. The highest BCUT2D eigenvalue weighted by molar-refractivity contribution is 5.87. The zero-order valence-electron chi connectivity index (χ0n) is 19.8. The van der Waals surface area contributed by atoms with Gasteiger partial charge in [0.2, 0.25) is 0 Å². The van der Waals surface area contributed by atoms with E-state index in [1.54, 1.807) is 6.26 Å². The normalized spacial score (nSPS) is 16.1. The highest BCUT2D eigenvalue weighted by atomic mass is 16.5. The van der Waals surface area contributed by atoms with Crippen LogP contribution in [0.15, 0.2) is 65.3 Å². The molecule has 1 saturated heterocycles. The molecule has 3 heterocycles. The molecule has 1 saturated carbocycles. The molecule has 0 spiro atoms. The summed E-state index contributed by atoms with van der Waals surface area (Å²) in [7, 11) is 0. The molecule has 9 nitrogen and oxygen atoms in total. The maximum atomic E-state index is 12.1. The van der Waals surface area contributed by atoms with Crippen molar-refractivity contribution < 1.29 is 13.9 Å². The highest BCUT2D eigenvalue weighted by Crippen LogP contribution is 2.30. The van der Waals surface area contributed by atoms with Crippen molar-refractivity contribution in [3.8, 4) is 17.1 Å². The van der Waals surface area contributed by atoms with Crippen molar-refractivity contribution in [3.63, 3.8) is 0 Å². The molecule has 184 valence electrons. The first-order valence-electron chi connectivity index (χ1n) is 12.3. The van der Waals surface area contributed by atoms with Gasteiger partial charge < -0.3 is 19.8 Å². The standard InChI is InChI=1S/C27H28N6O3/c34-24(30-20-4-2-5-20)16-36-22-6-1-3-18(13-22)26-32-23-11-12-35-25(23)27(33-26)31-21-9-7-17(8-10-21)19-14-28-29-15-19/h1,3,6-13,19-20,28-29H,2,4-5,14-16H2,(H,30,34)(H,31,32,33). The molecular weight excluding hydrogens is 456 g/mol. The second-order valence-corrected chi connectivity index (χ2v) is 9.25. The van der Waals surface area contributed by atoms with Crippen molar-refractivity contribution in [3.05, 3.63) is 66.4 Å². The van der Waals surface area contributed by atoms with Gasteiger partial charge in [-0.2, -0.15) is 0 Å². The molecule has 2 aromatic carbocycles. The van der Waals surface area contributed by atoms with Gasteiger partial charge in [0.05, 0.1) is 6.26 Å². The number of rotatable bonds is 8. The number of benzene rings is 2. The molecule has 0 atom stereocenters. The summed E-state index contributed by atoms with van der Waals surface area (Å²) in [5, 5.41) is 6.37. The van der Waals surface area contributed by atoms with Crippen LogP contribution in [0.4, 0.5) is 11.5 Å². The van der Waals surface area contributed by atoms with Gasteiger partial charge in [-0.05, 0) is 49.1 Å². The lowest BCUT2D eigenvalue weighted by molar-refractivity contribution is -0.124. The Hall–Kier alpha value is -3.95. The van der Waals surface area contributed by atoms with Gasteiger partial charge in [-0.3, -0.25) is 15.6 Å². The molecule has 2 aromatic heterocycles. The summed E-state index contributed by atoms with van der Waals surface area (Å²) in [5.41, 5.74) is 10.6. The van der Waals surface area contributed by atoms with Crippen LogP contribution in [0.3, 0.4) is 0 Å². The van der Waals surface area contributed by atoms with Crippen LogP contribution in [0.25, 0.3) is 22.5 Å². The summed E-state index contributed by atoms with van der Waals surface area (Å²) in [6.07, 6.45) is 4.88. The average Bonchev–Trinajstić information content (AvgIpc) is 3.58. The number of hydrogen-bond acceptors (Lipinski definition) is 8. The molecule has 1 aliphatic heterocycles. The molecule has 6 rings (SSSR count). The summed E-state index contributed by atoms with van der Waals surface area (Å²) in [4.78, 5) is 21.6. The van der Waals surface area contributed by atoms with E-state index in [4.69, 9.17) is 14.1 Å². The first-order chi connectivity index (χ1) is 17.7. The SMILES string of the molecule is O=C(COc1cccc(-c2nc(Nc3ccc(C4CNNC4)cc3)c3occc3n2)c1)NC1CCC1. The lowest BCUT2D eigenvalue weighted by atomic mass is 9.93. The van der Waals surface area contributed by atoms with Crippen molar-refractivity contribution >= 4 is 28.5 Å². The van der Waals surface area contributed by atoms with Crippen molar-refractivity contribution in [2.75, 3.05) is 25.0 Å². The average molecular weight is 485 g/mol. The van der Waals surface area contributed by atoms with E-state index in [1.165, 1.54) is 12.0 Å². The fraction of sp³-hybridized carbons (Fsp3) is 0.296. The van der Waals surface area contributed by atoms with E-state index >= 15 is 0 Å². The van der Waals surface area contributed by atoms with E-state index in [0.29, 0.717) is 40.5 Å². The molecule has 1 amide bonds. The van der Waals surface area contributed by atoms with Gasteiger partial charge in [0.1, 0.15) is 11.3 Å². The van der Waals surface area contributed by atoms with Crippen LogP contribution in [-0.2, 0) is 4.79 Å². The zero-order valence-corrected chi connectivity index (χ0v) is 19.8. The molecule has 2 fully saturated rings. The summed E-state index contributed by atoms with van der Waals surface area (Å²) < 4.78 is 11.4. The number of hydrazine groups is 1. The molecule has 9 heteroatoms. The van der Waals surface area contributed by atoms with Crippen molar-refractivity contribution in [1.82, 2.24) is 26.1 Å². The zero-order chi connectivity index (χ0) is 24.3. The van der Waals surface area contributed by atoms with Crippen LogP contribution in [0.1, 0.15) is 30.7 Å². The first-order valence-corrected chi connectivity index (χ1v) is 12.3. The Labute approximate surface area is 208 Å². The minimum Gasteiger partial charge on any atom is -0.484 e. The monoisotopic (exact) mass is 484 g/mol. The van der Waals surface area contributed by atoms with Crippen LogP contribution in [-0.4, -0.2) is 41.6 Å². The van der Waals surface area contributed by atoms with Crippen molar-refractivity contribution in [2.24, 2.45) is 0 Å². The minimum absolute atomic E-state index is 0.0165. The fourth-order valence-electron chi connectivity index (χ4n) is 4.45. The summed E-state index contributed by atoms with van der Waals surface area (Å²) >= 11 is 0. The van der Waals surface area contributed by atoms with E-state index in [1.807, 2.05) is 42.5 Å². The molecule has 1 aliphatic carbocycles. The van der Waals surface area contributed by atoms with Gasteiger partial charge in [-0.1, -0.05) is 24.3 Å². The van der Waals surface area contributed by atoms with Crippen LogP contribution in [0.5, 0.6) is 5.75 Å². The van der Waals surface area contributed by atoms with E-state index in [2.05, 4.69) is 38.6 Å². The lowest BCUT2D eigenvalue weighted by Gasteiger charge is -2.26. The second-order valence-electron chi connectivity index (χ2n) is 9.25. The smallest absolute Gasteiger partial charge is 0.258 e. The Bertz CT molecular complexity index is 1360. The summed E-state index contributed by atoms with van der Waals surface area (Å²) in [6.45, 7) is 1.82. The van der Waals surface area contributed by atoms with Gasteiger partial charge >= 0.3 is 0 Å². The van der Waals surface area contributed by atoms with Gasteiger partial charge in [-0.25, -0.2) is 9.97 Å². The van der Waals surface area contributed by atoms with Gasteiger partial charge in [0, 0.05) is 42.4 Å². The minimum atomic E-state index is -0.0980. The quantitative estimate of drug-likeness (QED) is 0.298.